The number of halogens is 1. The van der Waals surface area contributed by atoms with Crippen molar-refractivity contribution in [3.63, 3.8) is 0 Å². The van der Waals surface area contributed by atoms with Gasteiger partial charge in [0.15, 0.2) is 0 Å². The van der Waals surface area contributed by atoms with Crippen molar-refractivity contribution in [2.75, 3.05) is 6.61 Å². The monoisotopic (exact) mass is 448 g/mol. The number of hydrogen-bond donors (Lipinski definition) is 0. The van der Waals surface area contributed by atoms with Crippen molar-refractivity contribution in [2.45, 2.75) is 58.7 Å². The van der Waals surface area contributed by atoms with Crippen molar-refractivity contribution in [1.29, 1.82) is 0 Å². The molecule has 0 amide bonds. The topological polar surface area (TPSA) is 44.9 Å². The zero-order valence-electron chi connectivity index (χ0n) is 16.7. The van der Waals surface area contributed by atoms with E-state index in [-0.39, 0.29) is 0 Å². The third-order valence-corrected chi connectivity index (χ3v) is 6.79. The van der Waals surface area contributed by atoms with E-state index < -0.39 is 8.07 Å². The lowest BCUT2D eigenvalue weighted by atomic mass is 10.1. The van der Waals surface area contributed by atoms with E-state index in [0.29, 0.717) is 6.73 Å². The summed E-state index contributed by atoms with van der Waals surface area (Å²) in [5.41, 5.74) is 3.47. The van der Waals surface area contributed by atoms with Gasteiger partial charge in [-0.05, 0) is 34.5 Å². The van der Waals surface area contributed by atoms with Gasteiger partial charge in [0.05, 0.1) is 17.9 Å². The molecule has 3 aromatic heterocycles. The highest BCUT2D eigenvalue weighted by atomic mass is 79.9. The largest absolute Gasteiger partial charge is 0.360 e. The van der Waals surface area contributed by atoms with Gasteiger partial charge in [-0.15, -0.1) is 0 Å². The van der Waals surface area contributed by atoms with Gasteiger partial charge in [-0.25, -0.2) is 9.67 Å². The van der Waals surface area contributed by atoms with Crippen LogP contribution in [0.15, 0.2) is 35.5 Å². The van der Waals surface area contributed by atoms with E-state index in [1.165, 1.54) is 28.9 Å². The lowest BCUT2D eigenvalue weighted by Crippen LogP contribution is -2.22. The van der Waals surface area contributed by atoms with Crippen LogP contribution in [-0.4, -0.2) is 34.0 Å². The summed E-state index contributed by atoms with van der Waals surface area (Å²) in [7, 11) is -1.06. The molecule has 0 aliphatic carbocycles. The molecular formula is C20H29BrN4OSi. The Kier molecular flexibility index (Phi) is 6.55. The lowest BCUT2D eigenvalue weighted by Gasteiger charge is -2.15. The van der Waals surface area contributed by atoms with Crippen LogP contribution in [0.25, 0.3) is 22.0 Å². The molecule has 0 unspecified atom stereocenters. The van der Waals surface area contributed by atoms with E-state index in [9.17, 15) is 0 Å². The van der Waals surface area contributed by atoms with E-state index in [1.807, 2.05) is 17.1 Å². The molecule has 27 heavy (non-hydrogen) atoms. The van der Waals surface area contributed by atoms with Crippen LogP contribution in [0.2, 0.25) is 25.7 Å². The predicted octanol–water partition coefficient (Wildman–Crippen LogP) is 5.77. The lowest BCUT2D eigenvalue weighted by molar-refractivity contribution is 0.0786. The molecule has 3 aromatic rings. The Morgan fingerprint density at radius 2 is 2.00 bits per heavy atom. The van der Waals surface area contributed by atoms with Gasteiger partial charge in [0, 0.05) is 50.1 Å². The number of aromatic nitrogens is 4. The molecular weight excluding hydrogens is 420 g/mol. The SMILES string of the molecule is CCCCn1cc(-c2cnn(COCC[Si](C)(C)C)c2)c2cc(Br)ncc21. The third-order valence-electron chi connectivity index (χ3n) is 4.65. The Morgan fingerprint density at radius 1 is 1.19 bits per heavy atom. The average Bonchev–Trinajstić information content (AvgIpc) is 3.20. The standard InChI is InChI=1S/C20H29BrN4OSi/c1-5-6-7-24-14-18(17-10-20(21)22-12-19(17)24)16-11-23-25(13-16)15-26-8-9-27(2,3)4/h10-14H,5-9,15H2,1-4H3. The van der Waals surface area contributed by atoms with E-state index in [1.54, 1.807) is 0 Å². The molecule has 0 radical (unpaired) electrons. The second kappa shape index (κ2) is 8.71. The number of aryl methyl sites for hydroxylation is 1. The van der Waals surface area contributed by atoms with Gasteiger partial charge in [0.2, 0.25) is 0 Å². The summed E-state index contributed by atoms with van der Waals surface area (Å²) < 4.78 is 10.9. The van der Waals surface area contributed by atoms with E-state index >= 15 is 0 Å². The Morgan fingerprint density at radius 3 is 2.74 bits per heavy atom. The van der Waals surface area contributed by atoms with Crippen molar-refractivity contribution in [3.05, 3.63) is 35.5 Å². The maximum atomic E-state index is 5.82. The summed E-state index contributed by atoms with van der Waals surface area (Å²) in [6, 6.07) is 3.27. The van der Waals surface area contributed by atoms with Crippen molar-refractivity contribution >= 4 is 34.9 Å². The van der Waals surface area contributed by atoms with Crippen molar-refractivity contribution in [3.8, 4) is 11.1 Å². The molecule has 0 atom stereocenters. The molecule has 146 valence electrons. The number of fused-ring (bicyclic) bond motifs is 1. The molecule has 0 aliphatic heterocycles. The zero-order valence-corrected chi connectivity index (χ0v) is 19.3. The molecule has 0 spiro atoms. The first-order valence-electron chi connectivity index (χ1n) is 9.62. The molecule has 0 aliphatic rings. The summed E-state index contributed by atoms with van der Waals surface area (Å²) >= 11 is 3.51. The van der Waals surface area contributed by atoms with Gasteiger partial charge >= 0.3 is 0 Å². The summed E-state index contributed by atoms with van der Waals surface area (Å²) in [5.74, 6) is 0. The number of unbranched alkanes of at least 4 members (excludes halogenated alkanes) is 1. The smallest absolute Gasteiger partial charge is 0.139 e. The van der Waals surface area contributed by atoms with Crippen LogP contribution in [0.3, 0.4) is 0 Å². The highest BCUT2D eigenvalue weighted by Crippen LogP contribution is 2.31. The predicted molar refractivity (Wildman–Crippen MR) is 118 cm³/mol. The number of hydrogen-bond acceptors (Lipinski definition) is 3. The molecule has 0 aromatic carbocycles. The summed E-state index contributed by atoms with van der Waals surface area (Å²) in [5, 5.41) is 5.69. The number of rotatable bonds is 9. The minimum Gasteiger partial charge on any atom is -0.360 e. The zero-order chi connectivity index (χ0) is 19.4. The van der Waals surface area contributed by atoms with Crippen molar-refractivity contribution in [1.82, 2.24) is 19.3 Å². The Labute approximate surface area is 170 Å². The molecule has 0 fully saturated rings. The fourth-order valence-electron chi connectivity index (χ4n) is 3.02. The average molecular weight is 449 g/mol. The first-order chi connectivity index (χ1) is 12.9. The number of ether oxygens (including phenoxy) is 1. The van der Waals surface area contributed by atoms with Crippen LogP contribution in [0.4, 0.5) is 0 Å². The Bertz CT molecular complexity index is 897. The van der Waals surface area contributed by atoms with Gasteiger partial charge in [-0.1, -0.05) is 33.0 Å². The number of nitrogens with zero attached hydrogens (tertiary/aromatic N) is 4. The fraction of sp³-hybridized carbons (Fsp3) is 0.500. The molecule has 0 saturated carbocycles. The molecule has 3 rings (SSSR count). The Balaban J connectivity index is 1.79. The van der Waals surface area contributed by atoms with E-state index in [2.05, 4.69) is 75.6 Å². The van der Waals surface area contributed by atoms with Gasteiger partial charge in [0.25, 0.3) is 0 Å². The Hall–Kier alpha value is -1.44. The van der Waals surface area contributed by atoms with Gasteiger partial charge < -0.3 is 9.30 Å². The van der Waals surface area contributed by atoms with Gasteiger partial charge in [0.1, 0.15) is 11.3 Å². The minimum atomic E-state index is -1.06. The molecule has 0 saturated heterocycles. The molecule has 5 nitrogen and oxygen atoms in total. The fourth-order valence-corrected chi connectivity index (χ4v) is 4.10. The first-order valence-corrected chi connectivity index (χ1v) is 14.1. The van der Waals surface area contributed by atoms with Gasteiger partial charge in [-0.3, -0.25) is 0 Å². The number of pyridine rings is 1. The molecule has 7 heteroatoms. The third kappa shape index (κ3) is 5.30. The minimum absolute atomic E-state index is 0.504. The second-order valence-corrected chi connectivity index (χ2v) is 14.7. The second-order valence-electron chi connectivity index (χ2n) is 8.23. The normalized spacial score (nSPS) is 12.2. The maximum Gasteiger partial charge on any atom is 0.139 e. The van der Waals surface area contributed by atoms with Crippen LogP contribution in [0.5, 0.6) is 0 Å². The highest BCUT2D eigenvalue weighted by Gasteiger charge is 2.14. The first kappa shape index (κ1) is 20.3. The van der Waals surface area contributed by atoms with Crippen LogP contribution in [0, 0.1) is 0 Å². The summed E-state index contributed by atoms with van der Waals surface area (Å²) in [6.07, 6.45) is 10.5. The molecule has 0 N–H and O–H groups in total. The molecule has 3 heterocycles. The van der Waals surface area contributed by atoms with Crippen LogP contribution in [0.1, 0.15) is 19.8 Å². The highest BCUT2D eigenvalue weighted by molar-refractivity contribution is 9.10. The summed E-state index contributed by atoms with van der Waals surface area (Å²) in [6.45, 7) is 11.6. The van der Waals surface area contributed by atoms with Crippen LogP contribution in [-0.2, 0) is 18.0 Å². The quantitative estimate of drug-likeness (QED) is 0.237. The molecule has 0 bridgehead atoms. The maximum absolute atomic E-state index is 5.82. The van der Waals surface area contributed by atoms with E-state index in [4.69, 9.17) is 4.74 Å². The van der Waals surface area contributed by atoms with Crippen molar-refractivity contribution < 1.29 is 4.74 Å². The van der Waals surface area contributed by atoms with Crippen molar-refractivity contribution in [2.24, 2.45) is 0 Å². The van der Waals surface area contributed by atoms with E-state index in [0.717, 1.165) is 29.7 Å². The summed E-state index contributed by atoms with van der Waals surface area (Å²) in [4.78, 5) is 4.42. The van der Waals surface area contributed by atoms with Crippen LogP contribution < -0.4 is 0 Å². The van der Waals surface area contributed by atoms with Gasteiger partial charge in [-0.2, -0.15) is 5.10 Å². The van der Waals surface area contributed by atoms with Crippen LogP contribution >= 0.6 is 15.9 Å².